The average molecular weight is 362 g/mol. The van der Waals surface area contributed by atoms with Crippen LogP contribution in [0.2, 0.25) is 0 Å². The summed E-state index contributed by atoms with van der Waals surface area (Å²) in [6.45, 7) is 4.97. The lowest BCUT2D eigenvalue weighted by Crippen LogP contribution is -2.68. The minimum absolute atomic E-state index is 0.0527. The van der Waals surface area contributed by atoms with Gasteiger partial charge in [0.15, 0.2) is 0 Å². The van der Waals surface area contributed by atoms with Crippen molar-refractivity contribution in [2.45, 2.75) is 20.0 Å². The third kappa shape index (κ3) is 3.27. The normalized spacial score (nSPS) is 26.3. The molecule has 1 aromatic carbocycles. The molecule has 9 nitrogen and oxygen atoms in total. The van der Waals surface area contributed by atoms with E-state index < -0.39 is 16.4 Å². The molecule has 2 bridgehead atoms. The summed E-state index contributed by atoms with van der Waals surface area (Å²) < 4.78 is 0. The number of non-ortho nitro benzene ring substituents is 1. The van der Waals surface area contributed by atoms with Gasteiger partial charge in [0, 0.05) is 51.0 Å². The highest BCUT2D eigenvalue weighted by Gasteiger charge is 2.50. The van der Waals surface area contributed by atoms with Crippen molar-refractivity contribution in [1.29, 1.82) is 0 Å². The van der Waals surface area contributed by atoms with Gasteiger partial charge in [-0.05, 0) is 17.7 Å². The standard InChI is InChI=1S/C17H22N4O5/c1-12(22)19-8-17(7-18(10-19)11-20(9-17)13(2)23)16(24)14-3-5-15(6-4-14)21(25)26/h3-6,16,24H,7-11H2,1-2H3/t16-/m1/s1. The highest BCUT2D eigenvalue weighted by atomic mass is 16.6. The molecular weight excluding hydrogens is 340 g/mol. The highest BCUT2D eigenvalue weighted by Crippen LogP contribution is 2.42. The Kier molecular flexibility index (Phi) is 4.68. The molecule has 2 amide bonds. The third-order valence-electron chi connectivity index (χ3n) is 5.18. The number of hydrogen-bond acceptors (Lipinski definition) is 6. The smallest absolute Gasteiger partial charge is 0.269 e. The maximum Gasteiger partial charge on any atom is 0.269 e. The topological polar surface area (TPSA) is 107 Å². The molecule has 2 saturated heterocycles. The molecular formula is C17H22N4O5. The number of benzene rings is 1. The monoisotopic (exact) mass is 362 g/mol. The van der Waals surface area contributed by atoms with E-state index in [2.05, 4.69) is 0 Å². The zero-order valence-electron chi connectivity index (χ0n) is 14.8. The molecule has 2 aliphatic heterocycles. The van der Waals surface area contributed by atoms with Gasteiger partial charge in [-0.25, -0.2) is 0 Å². The predicted molar refractivity (Wildman–Crippen MR) is 91.7 cm³/mol. The van der Waals surface area contributed by atoms with Crippen LogP contribution >= 0.6 is 0 Å². The van der Waals surface area contributed by atoms with Gasteiger partial charge in [-0.15, -0.1) is 0 Å². The molecule has 140 valence electrons. The molecule has 2 heterocycles. The summed E-state index contributed by atoms with van der Waals surface area (Å²) in [5, 5.41) is 21.9. The van der Waals surface area contributed by atoms with Crippen molar-refractivity contribution >= 4 is 17.5 Å². The van der Waals surface area contributed by atoms with E-state index in [0.717, 1.165) is 0 Å². The highest BCUT2D eigenvalue weighted by molar-refractivity contribution is 5.74. The molecule has 1 aromatic rings. The number of rotatable bonds is 3. The molecule has 2 fully saturated rings. The number of carbonyl (C=O) groups is 2. The number of amides is 2. The Morgan fingerprint density at radius 3 is 2.00 bits per heavy atom. The second-order valence-electron chi connectivity index (χ2n) is 7.16. The van der Waals surface area contributed by atoms with Crippen LogP contribution in [0.25, 0.3) is 0 Å². The maximum absolute atomic E-state index is 11.9. The molecule has 0 unspecified atom stereocenters. The Labute approximate surface area is 150 Å². The number of hydrogen-bond donors (Lipinski definition) is 1. The fourth-order valence-corrected chi connectivity index (χ4v) is 3.90. The van der Waals surface area contributed by atoms with E-state index in [4.69, 9.17) is 0 Å². The molecule has 0 spiro atoms. The lowest BCUT2D eigenvalue weighted by atomic mass is 9.75. The summed E-state index contributed by atoms with van der Waals surface area (Å²) in [7, 11) is 0. The maximum atomic E-state index is 11.9. The van der Waals surface area contributed by atoms with Crippen LogP contribution in [0.15, 0.2) is 24.3 Å². The van der Waals surface area contributed by atoms with Crippen molar-refractivity contribution in [3.63, 3.8) is 0 Å². The lowest BCUT2D eigenvalue weighted by molar-refractivity contribution is -0.384. The van der Waals surface area contributed by atoms with Gasteiger partial charge in [-0.3, -0.25) is 24.6 Å². The summed E-state index contributed by atoms with van der Waals surface area (Å²) in [6.07, 6.45) is -0.963. The number of aliphatic hydroxyl groups excluding tert-OH is 1. The molecule has 2 aliphatic rings. The van der Waals surface area contributed by atoms with Crippen LogP contribution in [0.5, 0.6) is 0 Å². The van der Waals surface area contributed by atoms with Gasteiger partial charge in [0.25, 0.3) is 5.69 Å². The Balaban J connectivity index is 1.94. The van der Waals surface area contributed by atoms with E-state index in [1.807, 2.05) is 4.90 Å². The van der Waals surface area contributed by atoms with Crippen LogP contribution in [-0.2, 0) is 9.59 Å². The van der Waals surface area contributed by atoms with Crippen LogP contribution in [-0.4, -0.2) is 69.5 Å². The van der Waals surface area contributed by atoms with Crippen LogP contribution in [0.1, 0.15) is 25.5 Å². The van der Waals surface area contributed by atoms with Crippen molar-refractivity contribution in [3.05, 3.63) is 39.9 Å². The fourth-order valence-electron chi connectivity index (χ4n) is 3.90. The first-order valence-electron chi connectivity index (χ1n) is 8.38. The summed E-state index contributed by atoms with van der Waals surface area (Å²) in [5.74, 6) is -0.183. The number of nitro groups is 1. The first kappa shape index (κ1) is 18.3. The molecule has 0 radical (unpaired) electrons. The second kappa shape index (κ2) is 6.65. The molecule has 9 heteroatoms. The van der Waals surface area contributed by atoms with Crippen LogP contribution in [0, 0.1) is 15.5 Å². The number of nitrogens with zero attached hydrogens (tertiary/aromatic N) is 4. The van der Waals surface area contributed by atoms with E-state index in [1.54, 1.807) is 9.80 Å². The molecule has 0 saturated carbocycles. The Hall–Kier alpha value is -2.52. The number of fused-ring (bicyclic) bond motifs is 2. The summed E-state index contributed by atoms with van der Waals surface area (Å²) >= 11 is 0. The number of aliphatic hydroxyl groups is 1. The number of nitro benzene ring substituents is 1. The van der Waals surface area contributed by atoms with E-state index in [9.17, 15) is 24.8 Å². The van der Waals surface area contributed by atoms with E-state index in [1.165, 1.54) is 38.1 Å². The second-order valence-corrected chi connectivity index (χ2v) is 7.16. The van der Waals surface area contributed by atoms with Gasteiger partial charge in [0.05, 0.1) is 24.4 Å². The minimum Gasteiger partial charge on any atom is -0.388 e. The molecule has 0 aromatic heterocycles. The van der Waals surface area contributed by atoms with Crippen molar-refractivity contribution < 1.29 is 19.6 Å². The van der Waals surface area contributed by atoms with Crippen molar-refractivity contribution in [3.8, 4) is 0 Å². The first-order chi connectivity index (χ1) is 12.2. The van der Waals surface area contributed by atoms with Gasteiger partial charge >= 0.3 is 0 Å². The molecule has 1 atom stereocenters. The largest absolute Gasteiger partial charge is 0.388 e. The van der Waals surface area contributed by atoms with Gasteiger partial charge < -0.3 is 14.9 Å². The van der Waals surface area contributed by atoms with E-state index in [-0.39, 0.29) is 17.5 Å². The number of carbonyl (C=O) groups excluding carboxylic acids is 2. The van der Waals surface area contributed by atoms with E-state index in [0.29, 0.717) is 38.5 Å². The average Bonchev–Trinajstić information content (AvgIpc) is 2.60. The molecule has 3 rings (SSSR count). The van der Waals surface area contributed by atoms with Crippen molar-refractivity contribution in [1.82, 2.24) is 14.7 Å². The molecule has 26 heavy (non-hydrogen) atoms. The molecule has 0 aliphatic carbocycles. The Bertz CT molecular complexity index is 709. The van der Waals surface area contributed by atoms with Crippen LogP contribution < -0.4 is 0 Å². The van der Waals surface area contributed by atoms with Gasteiger partial charge in [-0.2, -0.15) is 0 Å². The van der Waals surface area contributed by atoms with Gasteiger partial charge in [-0.1, -0.05) is 0 Å². The predicted octanol–water partition coefficient (Wildman–Crippen LogP) is 0.556. The lowest BCUT2D eigenvalue weighted by Gasteiger charge is -2.56. The quantitative estimate of drug-likeness (QED) is 0.622. The van der Waals surface area contributed by atoms with Gasteiger partial charge in [0.1, 0.15) is 0 Å². The summed E-state index contributed by atoms with van der Waals surface area (Å²) in [6, 6.07) is 5.76. The Morgan fingerprint density at radius 2 is 1.58 bits per heavy atom. The summed E-state index contributed by atoms with van der Waals surface area (Å²) in [5.41, 5.74) is -0.265. The Morgan fingerprint density at radius 1 is 1.08 bits per heavy atom. The zero-order valence-corrected chi connectivity index (χ0v) is 14.8. The SMILES string of the molecule is CC(=O)N1CN2CN(C(C)=O)CC([C@H](O)c3ccc([N+](=O)[O-])cc3)(C2)C1. The third-order valence-corrected chi connectivity index (χ3v) is 5.18. The zero-order chi connectivity index (χ0) is 19.1. The van der Waals surface area contributed by atoms with Gasteiger partial charge in [0.2, 0.25) is 11.8 Å². The fraction of sp³-hybridized carbons (Fsp3) is 0.529. The summed E-state index contributed by atoms with van der Waals surface area (Å²) in [4.78, 5) is 39.5. The van der Waals surface area contributed by atoms with Crippen LogP contribution in [0.3, 0.4) is 0 Å². The first-order valence-corrected chi connectivity index (χ1v) is 8.38. The van der Waals surface area contributed by atoms with E-state index >= 15 is 0 Å². The van der Waals surface area contributed by atoms with Crippen molar-refractivity contribution in [2.75, 3.05) is 33.0 Å². The molecule has 1 N–H and O–H groups in total. The minimum atomic E-state index is -0.963. The van der Waals surface area contributed by atoms with Crippen molar-refractivity contribution in [2.24, 2.45) is 5.41 Å². The van der Waals surface area contributed by atoms with Crippen LogP contribution in [0.4, 0.5) is 5.69 Å².